The Morgan fingerprint density at radius 1 is 1.25 bits per heavy atom. The molecular weight excluding hydrogens is 279 g/mol. The first-order valence-corrected chi connectivity index (χ1v) is 8.40. The summed E-state index contributed by atoms with van der Waals surface area (Å²) >= 11 is 0. The van der Waals surface area contributed by atoms with Crippen molar-refractivity contribution in [3.8, 4) is 0 Å². The van der Waals surface area contributed by atoms with E-state index in [9.17, 15) is 12.8 Å². The minimum atomic E-state index is -3.76. The van der Waals surface area contributed by atoms with Gasteiger partial charge in [0, 0.05) is 19.6 Å². The molecule has 0 aromatic heterocycles. The van der Waals surface area contributed by atoms with E-state index < -0.39 is 15.8 Å². The van der Waals surface area contributed by atoms with Crippen LogP contribution >= 0.6 is 0 Å². The van der Waals surface area contributed by atoms with Crippen LogP contribution in [0.25, 0.3) is 0 Å². The number of hydrogen-bond acceptors (Lipinski definition) is 3. The van der Waals surface area contributed by atoms with E-state index in [0.29, 0.717) is 26.1 Å². The second kappa shape index (κ2) is 7.71. The number of sulfonamides is 1. The molecule has 0 atom stereocenters. The molecule has 0 aliphatic heterocycles. The fourth-order valence-electron chi connectivity index (χ4n) is 1.96. The largest absolute Gasteiger partial charge is 0.313 e. The van der Waals surface area contributed by atoms with Gasteiger partial charge < -0.3 is 5.32 Å². The van der Waals surface area contributed by atoms with Crippen molar-refractivity contribution >= 4 is 10.0 Å². The van der Waals surface area contributed by atoms with Gasteiger partial charge in [-0.25, -0.2) is 12.8 Å². The Hall–Kier alpha value is -0.980. The van der Waals surface area contributed by atoms with Crippen molar-refractivity contribution in [3.05, 3.63) is 29.6 Å². The third-order valence-corrected chi connectivity index (χ3v) is 5.01. The van der Waals surface area contributed by atoms with Gasteiger partial charge in [0.15, 0.2) is 0 Å². The lowest BCUT2D eigenvalue weighted by Gasteiger charge is -2.20. The highest BCUT2D eigenvalue weighted by atomic mass is 32.2. The zero-order valence-corrected chi connectivity index (χ0v) is 13.1. The van der Waals surface area contributed by atoms with E-state index in [2.05, 4.69) is 5.32 Å². The van der Waals surface area contributed by atoms with Crippen LogP contribution in [0, 0.1) is 5.82 Å². The topological polar surface area (TPSA) is 49.4 Å². The third kappa shape index (κ3) is 4.01. The molecule has 0 aliphatic carbocycles. The molecule has 1 aromatic carbocycles. The van der Waals surface area contributed by atoms with Crippen molar-refractivity contribution in [2.75, 3.05) is 19.6 Å². The zero-order valence-electron chi connectivity index (χ0n) is 12.3. The number of nitrogens with zero attached hydrogens (tertiary/aromatic N) is 1. The molecule has 0 aliphatic rings. The van der Waals surface area contributed by atoms with Crippen molar-refractivity contribution in [1.29, 1.82) is 0 Å². The predicted molar refractivity (Wildman–Crippen MR) is 78.5 cm³/mol. The number of halogens is 1. The summed E-state index contributed by atoms with van der Waals surface area (Å²) in [5, 5.41) is 3.10. The molecule has 0 saturated heterocycles. The normalized spacial score (nSPS) is 12.1. The Labute approximate surface area is 121 Å². The molecule has 1 N–H and O–H groups in total. The van der Waals surface area contributed by atoms with E-state index in [1.165, 1.54) is 16.4 Å². The summed E-state index contributed by atoms with van der Waals surface area (Å²) in [6, 6.07) is 4.25. The Kier molecular flexibility index (Phi) is 6.58. The van der Waals surface area contributed by atoms with Crippen LogP contribution in [-0.2, 0) is 16.6 Å². The van der Waals surface area contributed by atoms with Gasteiger partial charge in [0.25, 0.3) is 0 Å². The summed E-state index contributed by atoms with van der Waals surface area (Å²) in [6.45, 7) is 7.66. The molecular formula is C14H23FN2O2S. The van der Waals surface area contributed by atoms with E-state index in [0.717, 1.165) is 12.1 Å². The molecule has 0 heterocycles. The number of rotatable bonds is 8. The first-order chi connectivity index (χ1) is 9.47. The predicted octanol–water partition coefficient (Wildman–Crippen LogP) is 2.36. The maximum atomic E-state index is 13.9. The summed E-state index contributed by atoms with van der Waals surface area (Å²) < 4.78 is 40.1. The molecule has 0 amide bonds. The maximum absolute atomic E-state index is 13.9. The molecule has 114 valence electrons. The smallest absolute Gasteiger partial charge is 0.245 e. The van der Waals surface area contributed by atoms with E-state index in [1.807, 2.05) is 13.8 Å². The van der Waals surface area contributed by atoms with E-state index in [1.54, 1.807) is 13.0 Å². The van der Waals surface area contributed by atoms with Gasteiger partial charge in [-0.3, -0.25) is 0 Å². The van der Waals surface area contributed by atoms with Crippen molar-refractivity contribution < 1.29 is 12.8 Å². The van der Waals surface area contributed by atoms with Crippen LogP contribution < -0.4 is 5.32 Å². The minimum absolute atomic E-state index is 0.233. The first kappa shape index (κ1) is 17.1. The monoisotopic (exact) mass is 302 g/mol. The summed E-state index contributed by atoms with van der Waals surface area (Å²) in [4.78, 5) is -0.233. The third-order valence-electron chi connectivity index (χ3n) is 3.02. The quantitative estimate of drug-likeness (QED) is 0.802. The number of benzene rings is 1. The van der Waals surface area contributed by atoms with Gasteiger partial charge in [-0.1, -0.05) is 26.8 Å². The van der Waals surface area contributed by atoms with Crippen LogP contribution in [-0.4, -0.2) is 32.4 Å². The van der Waals surface area contributed by atoms with Crippen LogP contribution in [0.3, 0.4) is 0 Å². The minimum Gasteiger partial charge on any atom is -0.313 e. The fraction of sp³-hybridized carbons (Fsp3) is 0.571. The van der Waals surface area contributed by atoms with Gasteiger partial charge in [-0.2, -0.15) is 4.31 Å². The van der Waals surface area contributed by atoms with Crippen molar-refractivity contribution in [3.63, 3.8) is 0 Å². The molecule has 0 spiro atoms. The zero-order chi connectivity index (χ0) is 15.2. The Bertz CT molecular complexity index is 532. The summed E-state index contributed by atoms with van der Waals surface area (Å²) in [5.41, 5.74) is 0.763. The molecule has 1 rings (SSSR count). The lowest BCUT2D eigenvalue weighted by molar-refractivity contribution is 0.422. The first-order valence-electron chi connectivity index (χ1n) is 6.96. The molecule has 1 aromatic rings. The van der Waals surface area contributed by atoms with E-state index >= 15 is 0 Å². The number of nitrogens with one attached hydrogen (secondary N) is 1. The van der Waals surface area contributed by atoms with Gasteiger partial charge in [0.1, 0.15) is 10.7 Å². The SMILES string of the molecule is CCCN(CC)S(=O)(=O)c1cc(CNCC)ccc1F. The molecule has 0 unspecified atom stereocenters. The second-order valence-electron chi connectivity index (χ2n) is 4.54. The van der Waals surface area contributed by atoms with Gasteiger partial charge in [0.05, 0.1) is 0 Å². The average molecular weight is 302 g/mol. The lowest BCUT2D eigenvalue weighted by Crippen LogP contribution is -2.32. The van der Waals surface area contributed by atoms with Crippen LogP contribution in [0.2, 0.25) is 0 Å². The van der Waals surface area contributed by atoms with Gasteiger partial charge in [0.2, 0.25) is 10.0 Å². The van der Waals surface area contributed by atoms with Crippen molar-refractivity contribution in [2.45, 2.75) is 38.6 Å². The van der Waals surface area contributed by atoms with Crippen LogP contribution in [0.5, 0.6) is 0 Å². The van der Waals surface area contributed by atoms with Gasteiger partial charge >= 0.3 is 0 Å². The molecule has 0 saturated carbocycles. The maximum Gasteiger partial charge on any atom is 0.245 e. The Balaban J connectivity index is 3.15. The van der Waals surface area contributed by atoms with Gasteiger partial charge in [-0.15, -0.1) is 0 Å². The molecule has 4 nitrogen and oxygen atoms in total. The highest BCUT2D eigenvalue weighted by molar-refractivity contribution is 7.89. The average Bonchev–Trinajstić information content (AvgIpc) is 2.43. The van der Waals surface area contributed by atoms with E-state index in [-0.39, 0.29) is 4.90 Å². The molecule has 0 bridgehead atoms. The molecule has 0 fully saturated rings. The lowest BCUT2D eigenvalue weighted by atomic mass is 10.2. The highest BCUT2D eigenvalue weighted by Crippen LogP contribution is 2.21. The standard InChI is InChI=1S/C14H23FN2O2S/c1-4-9-17(6-3)20(18,19)14-10-12(11-16-5-2)7-8-13(14)15/h7-8,10,16H,4-6,9,11H2,1-3H3. The summed E-state index contributed by atoms with van der Waals surface area (Å²) in [6.07, 6.45) is 0.700. The Morgan fingerprint density at radius 3 is 2.50 bits per heavy atom. The molecule has 6 heteroatoms. The number of hydrogen-bond donors (Lipinski definition) is 1. The summed E-state index contributed by atoms with van der Waals surface area (Å²) in [5.74, 6) is -0.695. The second-order valence-corrected chi connectivity index (χ2v) is 6.45. The van der Waals surface area contributed by atoms with Crippen LogP contribution in [0.15, 0.2) is 23.1 Å². The van der Waals surface area contributed by atoms with Crippen LogP contribution in [0.1, 0.15) is 32.8 Å². The molecule has 20 heavy (non-hydrogen) atoms. The Morgan fingerprint density at radius 2 is 1.95 bits per heavy atom. The highest BCUT2D eigenvalue weighted by Gasteiger charge is 2.25. The van der Waals surface area contributed by atoms with Crippen LogP contribution in [0.4, 0.5) is 4.39 Å². The van der Waals surface area contributed by atoms with Crippen molar-refractivity contribution in [1.82, 2.24) is 9.62 Å². The van der Waals surface area contributed by atoms with Crippen molar-refractivity contribution in [2.24, 2.45) is 0 Å². The fourth-order valence-corrected chi connectivity index (χ4v) is 3.62. The summed E-state index contributed by atoms with van der Waals surface area (Å²) in [7, 11) is -3.76. The van der Waals surface area contributed by atoms with E-state index in [4.69, 9.17) is 0 Å². The molecule has 0 radical (unpaired) electrons. The van der Waals surface area contributed by atoms with Gasteiger partial charge in [-0.05, 0) is 30.7 Å².